The van der Waals surface area contributed by atoms with E-state index < -0.39 is 11.6 Å². The fourth-order valence-corrected chi connectivity index (χ4v) is 3.93. The number of halogens is 2. The van der Waals surface area contributed by atoms with Gasteiger partial charge in [-0.2, -0.15) is 5.26 Å². The van der Waals surface area contributed by atoms with Crippen LogP contribution in [0.25, 0.3) is 10.9 Å². The maximum absolute atomic E-state index is 13.7. The number of likely N-dealkylation sites (tertiary alicyclic amines) is 1. The molecular weight excluding hydrogens is 372 g/mol. The highest BCUT2D eigenvalue weighted by atomic mass is 19.1. The molecule has 1 aliphatic heterocycles. The molecule has 0 radical (unpaired) electrons. The zero-order valence-electron chi connectivity index (χ0n) is 16.1. The van der Waals surface area contributed by atoms with E-state index in [9.17, 15) is 8.78 Å². The molecule has 0 unspecified atom stereocenters. The number of H-pyrrole nitrogens is 1. The number of nitrogens with one attached hydrogen (secondary N) is 1. The first-order chi connectivity index (χ1) is 14.1. The van der Waals surface area contributed by atoms with Gasteiger partial charge in [-0.25, -0.2) is 8.78 Å². The summed E-state index contributed by atoms with van der Waals surface area (Å²) < 4.78 is 32.5. The Kier molecular flexibility index (Phi) is 5.77. The van der Waals surface area contributed by atoms with Crippen LogP contribution in [0, 0.1) is 23.0 Å². The zero-order chi connectivity index (χ0) is 20.2. The Bertz CT molecular complexity index is 1030. The van der Waals surface area contributed by atoms with Gasteiger partial charge in [0.25, 0.3) is 0 Å². The smallest absolute Gasteiger partial charge is 0.167 e. The van der Waals surface area contributed by atoms with Crippen molar-refractivity contribution >= 4 is 10.9 Å². The molecule has 1 saturated heterocycles. The van der Waals surface area contributed by atoms with Crippen molar-refractivity contribution in [3.05, 3.63) is 65.4 Å². The molecule has 1 aliphatic rings. The summed E-state index contributed by atoms with van der Waals surface area (Å²) in [6.07, 6.45) is 5.42. The highest BCUT2D eigenvalue weighted by molar-refractivity contribution is 5.86. The number of ether oxygens (including phenoxy) is 1. The van der Waals surface area contributed by atoms with Gasteiger partial charge in [-0.1, -0.05) is 12.1 Å². The number of nitriles is 1. The third-order valence-corrected chi connectivity index (χ3v) is 5.53. The largest absolute Gasteiger partial charge is 0.487 e. The number of aromatic amines is 1. The van der Waals surface area contributed by atoms with Crippen molar-refractivity contribution in [1.29, 1.82) is 5.26 Å². The summed E-state index contributed by atoms with van der Waals surface area (Å²) >= 11 is 0. The number of aryl methyl sites for hydroxylation is 1. The Hall–Kier alpha value is -2.91. The summed E-state index contributed by atoms with van der Waals surface area (Å²) in [5.74, 6) is -1.11. The highest BCUT2D eigenvalue weighted by Gasteiger charge is 2.21. The van der Waals surface area contributed by atoms with Gasteiger partial charge in [-0.15, -0.1) is 0 Å². The van der Waals surface area contributed by atoms with Gasteiger partial charge in [0.2, 0.25) is 0 Å². The van der Waals surface area contributed by atoms with Gasteiger partial charge in [0.1, 0.15) is 18.0 Å². The minimum atomic E-state index is -0.645. The number of fused-ring (bicyclic) bond motifs is 1. The van der Waals surface area contributed by atoms with E-state index in [2.05, 4.69) is 28.1 Å². The lowest BCUT2D eigenvalue weighted by Gasteiger charge is -2.32. The van der Waals surface area contributed by atoms with Gasteiger partial charge in [0.15, 0.2) is 11.6 Å². The first-order valence-corrected chi connectivity index (χ1v) is 9.96. The average molecular weight is 395 g/mol. The first-order valence-electron chi connectivity index (χ1n) is 9.96. The molecule has 0 saturated carbocycles. The molecule has 6 heteroatoms. The number of hydrogen-bond donors (Lipinski definition) is 1. The van der Waals surface area contributed by atoms with Gasteiger partial charge in [0.05, 0.1) is 5.56 Å². The summed E-state index contributed by atoms with van der Waals surface area (Å²) in [4.78, 5) is 5.56. The molecule has 2 aromatic carbocycles. The number of aromatic nitrogens is 1. The predicted molar refractivity (Wildman–Crippen MR) is 108 cm³/mol. The second-order valence-corrected chi connectivity index (χ2v) is 7.53. The molecule has 3 aromatic rings. The lowest BCUT2D eigenvalue weighted by Crippen LogP contribution is -2.38. The van der Waals surface area contributed by atoms with E-state index >= 15 is 0 Å². The SMILES string of the molecule is N#Cc1c[nH]c2cc(CCCN3CCC(Oc4ccc(F)cc4F)CC3)ccc12. The van der Waals surface area contributed by atoms with Crippen LogP contribution >= 0.6 is 0 Å². The number of piperidine rings is 1. The molecule has 1 aromatic heterocycles. The van der Waals surface area contributed by atoms with Crippen LogP contribution < -0.4 is 4.74 Å². The molecule has 0 aliphatic carbocycles. The van der Waals surface area contributed by atoms with Gasteiger partial charge in [-0.3, -0.25) is 0 Å². The van der Waals surface area contributed by atoms with E-state index in [1.165, 1.54) is 17.7 Å². The van der Waals surface area contributed by atoms with Crippen molar-refractivity contribution in [1.82, 2.24) is 9.88 Å². The van der Waals surface area contributed by atoms with Crippen LogP contribution in [0.3, 0.4) is 0 Å². The molecule has 0 atom stereocenters. The Labute approximate surface area is 168 Å². The lowest BCUT2D eigenvalue weighted by atomic mass is 10.0. The Morgan fingerprint density at radius 2 is 1.97 bits per heavy atom. The van der Waals surface area contributed by atoms with Gasteiger partial charge in [-0.05, 0) is 56.0 Å². The minimum absolute atomic E-state index is 0.0316. The normalized spacial score (nSPS) is 15.5. The van der Waals surface area contributed by atoms with Crippen molar-refractivity contribution in [3.8, 4) is 11.8 Å². The maximum atomic E-state index is 13.7. The third-order valence-electron chi connectivity index (χ3n) is 5.53. The summed E-state index contributed by atoms with van der Waals surface area (Å²) in [5.41, 5.74) is 2.94. The fourth-order valence-electron chi connectivity index (χ4n) is 3.93. The first kappa shape index (κ1) is 19.4. The zero-order valence-corrected chi connectivity index (χ0v) is 16.1. The molecule has 0 bridgehead atoms. The second kappa shape index (κ2) is 8.62. The second-order valence-electron chi connectivity index (χ2n) is 7.53. The molecule has 150 valence electrons. The molecule has 0 amide bonds. The minimum Gasteiger partial charge on any atom is -0.487 e. The van der Waals surface area contributed by atoms with Crippen molar-refractivity contribution in [2.45, 2.75) is 31.8 Å². The van der Waals surface area contributed by atoms with Crippen LogP contribution in [0.1, 0.15) is 30.4 Å². The average Bonchev–Trinajstić information content (AvgIpc) is 3.14. The van der Waals surface area contributed by atoms with E-state index in [-0.39, 0.29) is 11.9 Å². The lowest BCUT2D eigenvalue weighted by molar-refractivity contribution is 0.0965. The van der Waals surface area contributed by atoms with Crippen LogP contribution in [0.4, 0.5) is 8.78 Å². The molecule has 2 heterocycles. The topological polar surface area (TPSA) is 52.0 Å². The summed E-state index contributed by atoms with van der Waals surface area (Å²) in [6, 6.07) is 11.9. The van der Waals surface area contributed by atoms with Crippen LogP contribution in [-0.4, -0.2) is 35.6 Å². The quantitative estimate of drug-likeness (QED) is 0.653. The molecule has 1 fully saturated rings. The number of hydrogen-bond acceptors (Lipinski definition) is 3. The molecule has 4 rings (SSSR count). The maximum Gasteiger partial charge on any atom is 0.167 e. The Balaban J connectivity index is 1.22. The van der Waals surface area contributed by atoms with Crippen LogP contribution in [0.15, 0.2) is 42.6 Å². The van der Waals surface area contributed by atoms with Crippen LogP contribution in [0.5, 0.6) is 5.75 Å². The highest BCUT2D eigenvalue weighted by Crippen LogP contribution is 2.23. The summed E-state index contributed by atoms with van der Waals surface area (Å²) in [5, 5.41) is 10.1. The number of nitrogens with zero attached hydrogens (tertiary/aromatic N) is 2. The van der Waals surface area contributed by atoms with E-state index in [1.54, 1.807) is 6.20 Å². The van der Waals surface area contributed by atoms with Gasteiger partial charge in [0, 0.05) is 36.3 Å². The van der Waals surface area contributed by atoms with E-state index in [4.69, 9.17) is 10.00 Å². The van der Waals surface area contributed by atoms with Crippen LogP contribution in [0.2, 0.25) is 0 Å². The molecule has 4 nitrogen and oxygen atoms in total. The van der Waals surface area contributed by atoms with Gasteiger partial charge < -0.3 is 14.6 Å². The van der Waals surface area contributed by atoms with Crippen molar-refractivity contribution in [2.75, 3.05) is 19.6 Å². The van der Waals surface area contributed by atoms with Crippen LogP contribution in [-0.2, 0) is 6.42 Å². The van der Waals surface area contributed by atoms with Crippen molar-refractivity contribution in [3.63, 3.8) is 0 Å². The molecule has 29 heavy (non-hydrogen) atoms. The predicted octanol–water partition coefficient (Wildman–Crippen LogP) is 4.79. The number of benzene rings is 2. The summed E-state index contributed by atoms with van der Waals surface area (Å²) in [7, 11) is 0. The molecule has 0 spiro atoms. The summed E-state index contributed by atoms with van der Waals surface area (Å²) in [6.45, 7) is 2.83. The van der Waals surface area contributed by atoms with E-state index in [0.29, 0.717) is 5.56 Å². The van der Waals surface area contributed by atoms with Gasteiger partial charge >= 0.3 is 0 Å². The number of rotatable bonds is 6. The Morgan fingerprint density at radius 1 is 1.14 bits per heavy atom. The standard InChI is InChI=1S/C23H23F2N3O/c24-18-4-6-23(21(25)13-18)29-19-7-10-28(11-8-19)9-1-2-16-3-5-20-17(14-26)15-27-22(20)12-16/h3-6,12-13,15,19,27H,1-2,7-11H2. The van der Waals surface area contributed by atoms with Crippen molar-refractivity contribution < 1.29 is 13.5 Å². The van der Waals surface area contributed by atoms with Crippen molar-refractivity contribution in [2.24, 2.45) is 0 Å². The monoisotopic (exact) mass is 395 g/mol. The Morgan fingerprint density at radius 3 is 2.72 bits per heavy atom. The molecular formula is C23H23F2N3O. The third kappa shape index (κ3) is 4.57. The van der Waals surface area contributed by atoms with E-state index in [1.807, 2.05) is 6.07 Å². The fraction of sp³-hybridized carbons (Fsp3) is 0.348. The molecule has 1 N–H and O–H groups in total. The van der Waals surface area contributed by atoms with E-state index in [0.717, 1.165) is 62.3 Å².